The lowest BCUT2D eigenvalue weighted by molar-refractivity contribution is -0.132. The summed E-state index contributed by atoms with van der Waals surface area (Å²) in [7, 11) is -3.91. The van der Waals surface area contributed by atoms with Gasteiger partial charge in [-0.2, -0.15) is 0 Å². The van der Waals surface area contributed by atoms with Crippen LogP contribution in [0.25, 0.3) is 10.8 Å². The number of carbonyl (C=O) groups is 2. The number of sulfonamides is 1. The summed E-state index contributed by atoms with van der Waals surface area (Å²) < 4.78 is 28.8. The van der Waals surface area contributed by atoms with Gasteiger partial charge in [0.2, 0.25) is 15.9 Å². The fraction of sp³-hybridized carbons (Fsp3) is 0.538. The summed E-state index contributed by atoms with van der Waals surface area (Å²) in [5, 5.41) is 2.17. The molecule has 2 aromatic rings. The number of halogens is 1. The number of ketones is 1. The van der Waals surface area contributed by atoms with Crippen molar-refractivity contribution in [2.75, 3.05) is 13.1 Å². The van der Waals surface area contributed by atoms with Gasteiger partial charge in [0, 0.05) is 31.0 Å². The molecule has 1 saturated heterocycles. The zero-order valence-electron chi connectivity index (χ0n) is 20.2. The van der Waals surface area contributed by atoms with Gasteiger partial charge in [-0.15, -0.1) is 0 Å². The molecule has 1 aliphatic heterocycles. The molecule has 1 aliphatic rings. The fourth-order valence-electron chi connectivity index (χ4n) is 4.43. The molecule has 34 heavy (non-hydrogen) atoms. The molecule has 0 radical (unpaired) electrons. The Morgan fingerprint density at radius 1 is 1.12 bits per heavy atom. The number of benzene rings is 2. The molecule has 0 bridgehead atoms. The van der Waals surface area contributed by atoms with E-state index in [9.17, 15) is 18.0 Å². The Kier molecular flexibility index (Phi) is 9.13. The Morgan fingerprint density at radius 2 is 1.82 bits per heavy atom. The van der Waals surface area contributed by atoms with E-state index in [4.69, 9.17) is 11.6 Å². The highest BCUT2D eigenvalue weighted by Gasteiger charge is 2.30. The lowest BCUT2D eigenvalue weighted by Crippen LogP contribution is -2.41. The van der Waals surface area contributed by atoms with Crippen molar-refractivity contribution in [1.29, 1.82) is 0 Å². The van der Waals surface area contributed by atoms with Crippen molar-refractivity contribution in [1.82, 2.24) is 9.62 Å². The molecule has 6 nitrogen and oxygen atoms in total. The van der Waals surface area contributed by atoms with Crippen molar-refractivity contribution in [2.24, 2.45) is 11.8 Å². The average Bonchev–Trinajstić information content (AvgIpc) is 3.30. The number of nitrogens with one attached hydrogen (secondary N) is 1. The van der Waals surface area contributed by atoms with Gasteiger partial charge in [0.25, 0.3) is 0 Å². The lowest BCUT2D eigenvalue weighted by Gasteiger charge is -2.20. The number of rotatable bonds is 11. The molecule has 0 saturated carbocycles. The standard InChI is InChI=1S/C26H35ClN2O4S/c1-4-5-6-24(25(30)11-12-26(31)29-14-13-21(17-29)18(2)3)28-34(32,33)23-10-8-19-15-22(27)9-7-20(19)16-23/h7-10,15-16,18,21,24,28H,4-6,11-14,17H2,1-3H3/t21?,24-/m0/s1. The number of fused-ring (bicyclic) bond motifs is 1. The first-order valence-electron chi connectivity index (χ1n) is 12.1. The minimum Gasteiger partial charge on any atom is -0.342 e. The molecule has 1 N–H and O–H groups in total. The minimum atomic E-state index is -3.91. The van der Waals surface area contributed by atoms with Crippen molar-refractivity contribution < 1.29 is 18.0 Å². The number of amides is 1. The second kappa shape index (κ2) is 11.6. The van der Waals surface area contributed by atoms with Crippen LogP contribution >= 0.6 is 11.6 Å². The number of hydrogen-bond acceptors (Lipinski definition) is 4. The SMILES string of the molecule is CCCC[C@H](NS(=O)(=O)c1ccc2cc(Cl)ccc2c1)C(=O)CCC(=O)N1CCC(C(C)C)C1. The van der Waals surface area contributed by atoms with Crippen molar-refractivity contribution in [3.63, 3.8) is 0 Å². The molecule has 186 valence electrons. The van der Waals surface area contributed by atoms with Crippen molar-refractivity contribution in [2.45, 2.75) is 70.2 Å². The first-order valence-corrected chi connectivity index (χ1v) is 14.0. The van der Waals surface area contributed by atoms with Crippen molar-refractivity contribution >= 4 is 44.1 Å². The number of unbranched alkanes of at least 4 members (excludes halogenated alkanes) is 1. The van der Waals surface area contributed by atoms with E-state index >= 15 is 0 Å². The van der Waals surface area contributed by atoms with E-state index in [1.54, 1.807) is 30.3 Å². The van der Waals surface area contributed by atoms with E-state index in [-0.39, 0.29) is 29.4 Å². The molecule has 1 amide bonds. The average molecular weight is 507 g/mol. The topological polar surface area (TPSA) is 83.5 Å². The molecule has 0 aromatic heterocycles. The van der Waals surface area contributed by atoms with Crippen LogP contribution in [0.2, 0.25) is 5.02 Å². The van der Waals surface area contributed by atoms with Gasteiger partial charge < -0.3 is 4.90 Å². The summed E-state index contributed by atoms with van der Waals surface area (Å²) >= 11 is 6.02. The second-order valence-corrected chi connectivity index (χ2v) is 11.7. The quantitative estimate of drug-likeness (QED) is 0.455. The summed E-state index contributed by atoms with van der Waals surface area (Å²) in [6.45, 7) is 7.79. The molecule has 2 atom stereocenters. The Bertz CT molecular complexity index is 1130. The predicted molar refractivity (Wildman–Crippen MR) is 136 cm³/mol. The molecule has 3 rings (SSSR count). The Morgan fingerprint density at radius 3 is 2.50 bits per heavy atom. The van der Waals surface area contributed by atoms with E-state index in [1.807, 2.05) is 11.8 Å². The van der Waals surface area contributed by atoms with E-state index in [0.29, 0.717) is 29.7 Å². The Hall–Kier alpha value is -1.96. The smallest absolute Gasteiger partial charge is 0.241 e. The van der Waals surface area contributed by atoms with Gasteiger partial charge in [0.15, 0.2) is 5.78 Å². The monoisotopic (exact) mass is 506 g/mol. The third-order valence-electron chi connectivity index (χ3n) is 6.72. The number of hydrogen-bond donors (Lipinski definition) is 1. The Balaban J connectivity index is 1.66. The van der Waals surface area contributed by atoms with E-state index in [0.717, 1.165) is 36.7 Å². The highest BCUT2D eigenvalue weighted by atomic mass is 35.5. The molecule has 2 aromatic carbocycles. The van der Waals surface area contributed by atoms with Crippen LogP contribution < -0.4 is 4.72 Å². The van der Waals surface area contributed by atoms with Crippen molar-refractivity contribution in [3.05, 3.63) is 41.4 Å². The van der Waals surface area contributed by atoms with Gasteiger partial charge in [-0.3, -0.25) is 9.59 Å². The van der Waals surface area contributed by atoms with Gasteiger partial charge in [0.1, 0.15) is 0 Å². The maximum absolute atomic E-state index is 13.1. The number of likely N-dealkylation sites (tertiary alicyclic amines) is 1. The van der Waals surface area contributed by atoms with E-state index in [2.05, 4.69) is 18.6 Å². The van der Waals surface area contributed by atoms with Crippen LogP contribution in [0.1, 0.15) is 59.3 Å². The molecular weight excluding hydrogens is 472 g/mol. The van der Waals surface area contributed by atoms with Gasteiger partial charge >= 0.3 is 0 Å². The largest absolute Gasteiger partial charge is 0.342 e. The molecular formula is C26H35ClN2O4S. The van der Waals surface area contributed by atoms with Gasteiger partial charge in [0.05, 0.1) is 10.9 Å². The van der Waals surface area contributed by atoms with Crippen LogP contribution in [0.3, 0.4) is 0 Å². The molecule has 1 unspecified atom stereocenters. The highest BCUT2D eigenvalue weighted by Crippen LogP contribution is 2.25. The summed E-state index contributed by atoms with van der Waals surface area (Å²) in [4.78, 5) is 27.6. The summed E-state index contributed by atoms with van der Waals surface area (Å²) in [5.74, 6) is 0.764. The third-order valence-corrected chi connectivity index (χ3v) is 8.43. The normalized spacial score (nSPS) is 17.4. The summed E-state index contributed by atoms with van der Waals surface area (Å²) in [5.41, 5.74) is 0. The van der Waals surface area contributed by atoms with Crippen LogP contribution in [0.5, 0.6) is 0 Å². The first-order chi connectivity index (χ1) is 16.1. The third kappa shape index (κ3) is 6.80. The highest BCUT2D eigenvalue weighted by molar-refractivity contribution is 7.89. The van der Waals surface area contributed by atoms with Crippen molar-refractivity contribution in [3.8, 4) is 0 Å². The number of Topliss-reactive ketones (excluding diaryl/α,β-unsaturated/α-hetero) is 1. The Labute approximate surface area is 208 Å². The van der Waals surface area contributed by atoms with Gasteiger partial charge in [-0.1, -0.05) is 57.3 Å². The van der Waals surface area contributed by atoms with E-state index < -0.39 is 16.1 Å². The van der Waals surface area contributed by atoms with Gasteiger partial charge in [-0.25, -0.2) is 13.1 Å². The van der Waals surface area contributed by atoms with Crippen LogP contribution in [0.4, 0.5) is 0 Å². The maximum atomic E-state index is 13.1. The predicted octanol–water partition coefficient (Wildman–Crippen LogP) is 5.18. The first kappa shape index (κ1) is 26.6. The maximum Gasteiger partial charge on any atom is 0.241 e. The van der Waals surface area contributed by atoms with Gasteiger partial charge in [-0.05, 0) is 59.7 Å². The molecule has 0 aliphatic carbocycles. The zero-order valence-corrected chi connectivity index (χ0v) is 21.8. The zero-order chi connectivity index (χ0) is 24.9. The number of nitrogens with zero attached hydrogens (tertiary/aromatic N) is 1. The van der Waals surface area contributed by atoms with E-state index in [1.165, 1.54) is 6.07 Å². The lowest BCUT2D eigenvalue weighted by atomic mass is 9.95. The minimum absolute atomic E-state index is 0.0261. The van der Waals surface area contributed by atoms with Crippen LogP contribution in [0.15, 0.2) is 41.3 Å². The number of carbonyl (C=O) groups excluding carboxylic acids is 2. The molecule has 8 heteroatoms. The van der Waals surface area contributed by atoms with Crippen LogP contribution in [-0.2, 0) is 19.6 Å². The molecule has 0 spiro atoms. The van der Waals surface area contributed by atoms with Crippen LogP contribution in [-0.4, -0.2) is 44.1 Å². The molecule has 1 fully saturated rings. The fourth-order valence-corrected chi connectivity index (χ4v) is 5.90. The second-order valence-electron chi connectivity index (χ2n) is 9.57. The summed E-state index contributed by atoms with van der Waals surface area (Å²) in [6, 6.07) is 9.21. The van der Waals surface area contributed by atoms with Crippen LogP contribution in [0, 0.1) is 11.8 Å². The molecule has 1 heterocycles. The summed E-state index contributed by atoms with van der Waals surface area (Å²) in [6.07, 6.45) is 3.11.